The Morgan fingerprint density at radius 1 is 1.17 bits per heavy atom. The number of hydrogen-bond donors (Lipinski definition) is 2. The molecule has 0 aliphatic carbocycles. The maximum absolute atomic E-state index is 9.82. The second kappa shape index (κ2) is 5.55. The van der Waals surface area contributed by atoms with Crippen LogP contribution in [0.25, 0.3) is 0 Å². The SMILES string of the molecule is CCC(CC)C(O)C(N)C(C)C. The molecule has 2 heteroatoms. The molecule has 0 rings (SSSR count). The summed E-state index contributed by atoms with van der Waals surface area (Å²) in [5.74, 6) is 0.725. The first kappa shape index (κ1) is 11.9. The van der Waals surface area contributed by atoms with E-state index < -0.39 is 0 Å². The predicted molar refractivity (Wildman–Crippen MR) is 52.9 cm³/mol. The minimum absolute atomic E-state index is 0.0742. The van der Waals surface area contributed by atoms with Crippen molar-refractivity contribution in [1.82, 2.24) is 0 Å². The molecular formula is C10H23NO. The van der Waals surface area contributed by atoms with E-state index >= 15 is 0 Å². The van der Waals surface area contributed by atoms with Crippen LogP contribution in [0, 0.1) is 11.8 Å². The Kier molecular flexibility index (Phi) is 5.51. The summed E-state index contributed by atoms with van der Waals surface area (Å²) in [6.45, 7) is 8.31. The van der Waals surface area contributed by atoms with Crippen LogP contribution in [0.3, 0.4) is 0 Å². The van der Waals surface area contributed by atoms with Crippen LogP contribution in [-0.2, 0) is 0 Å². The number of rotatable bonds is 5. The van der Waals surface area contributed by atoms with Gasteiger partial charge in [-0.2, -0.15) is 0 Å². The highest BCUT2D eigenvalue weighted by Gasteiger charge is 2.24. The van der Waals surface area contributed by atoms with Gasteiger partial charge >= 0.3 is 0 Å². The Morgan fingerprint density at radius 3 is 1.83 bits per heavy atom. The van der Waals surface area contributed by atoms with Crippen LogP contribution in [0.2, 0.25) is 0 Å². The minimum Gasteiger partial charge on any atom is -0.391 e. The van der Waals surface area contributed by atoms with Crippen LogP contribution >= 0.6 is 0 Å². The van der Waals surface area contributed by atoms with Gasteiger partial charge in [-0.1, -0.05) is 40.5 Å². The van der Waals surface area contributed by atoms with E-state index in [2.05, 4.69) is 27.7 Å². The van der Waals surface area contributed by atoms with Crippen molar-refractivity contribution in [3.63, 3.8) is 0 Å². The molecule has 74 valence electrons. The molecule has 0 heterocycles. The quantitative estimate of drug-likeness (QED) is 0.665. The highest BCUT2D eigenvalue weighted by Crippen LogP contribution is 2.18. The number of nitrogens with two attached hydrogens (primary N) is 1. The first-order valence-corrected chi connectivity index (χ1v) is 4.98. The third-order valence-corrected chi connectivity index (χ3v) is 2.70. The molecule has 0 amide bonds. The van der Waals surface area contributed by atoms with Gasteiger partial charge < -0.3 is 10.8 Å². The second-order valence-electron chi connectivity index (χ2n) is 3.89. The molecule has 0 aromatic carbocycles. The van der Waals surface area contributed by atoms with E-state index in [0.29, 0.717) is 11.8 Å². The average Bonchev–Trinajstić information content (AvgIpc) is 2.05. The fourth-order valence-electron chi connectivity index (χ4n) is 1.48. The monoisotopic (exact) mass is 173 g/mol. The molecule has 0 aromatic heterocycles. The molecule has 0 aliphatic rings. The van der Waals surface area contributed by atoms with Crippen LogP contribution in [0.1, 0.15) is 40.5 Å². The number of hydrogen-bond acceptors (Lipinski definition) is 2. The van der Waals surface area contributed by atoms with Crippen molar-refractivity contribution in [3.8, 4) is 0 Å². The Hall–Kier alpha value is -0.0800. The molecule has 0 aliphatic heterocycles. The zero-order valence-corrected chi connectivity index (χ0v) is 8.75. The third-order valence-electron chi connectivity index (χ3n) is 2.70. The fourth-order valence-corrected chi connectivity index (χ4v) is 1.48. The van der Waals surface area contributed by atoms with Crippen molar-refractivity contribution in [2.45, 2.75) is 52.7 Å². The Labute approximate surface area is 76.2 Å². The van der Waals surface area contributed by atoms with Crippen LogP contribution in [-0.4, -0.2) is 17.3 Å². The Morgan fingerprint density at radius 2 is 1.58 bits per heavy atom. The van der Waals surface area contributed by atoms with Crippen molar-refractivity contribution in [3.05, 3.63) is 0 Å². The van der Waals surface area contributed by atoms with Gasteiger partial charge in [0.15, 0.2) is 0 Å². The van der Waals surface area contributed by atoms with Crippen LogP contribution in [0.15, 0.2) is 0 Å². The lowest BCUT2D eigenvalue weighted by atomic mass is 9.87. The van der Waals surface area contributed by atoms with Gasteiger partial charge in [-0.3, -0.25) is 0 Å². The van der Waals surface area contributed by atoms with Crippen LogP contribution in [0.5, 0.6) is 0 Å². The number of aliphatic hydroxyl groups is 1. The standard InChI is InChI=1S/C10H23NO/c1-5-8(6-2)10(12)9(11)7(3)4/h7-10,12H,5-6,11H2,1-4H3. The van der Waals surface area contributed by atoms with Gasteiger partial charge in [-0.05, 0) is 11.8 Å². The predicted octanol–water partition coefficient (Wildman–Crippen LogP) is 1.77. The summed E-state index contributed by atoms with van der Waals surface area (Å²) < 4.78 is 0. The second-order valence-corrected chi connectivity index (χ2v) is 3.89. The van der Waals surface area contributed by atoms with Gasteiger partial charge in [0, 0.05) is 6.04 Å². The highest BCUT2D eigenvalue weighted by molar-refractivity contribution is 4.79. The Bertz CT molecular complexity index is 108. The molecule has 0 saturated carbocycles. The van der Waals surface area contributed by atoms with Gasteiger partial charge in [0.25, 0.3) is 0 Å². The van der Waals surface area contributed by atoms with Gasteiger partial charge in [-0.15, -0.1) is 0 Å². The van der Waals surface area contributed by atoms with Crippen molar-refractivity contribution in [2.75, 3.05) is 0 Å². The largest absolute Gasteiger partial charge is 0.391 e. The lowest BCUT2D eigenvalue weighted by Gasteiger charge is -2.28. The fraction of sp³-hybridized carbons (Fsp3) is 1.00. The summed E-state index contributed by atoms with van der Waals surface area (Å²) in [5, 5.41) is 9.82. The zero-order chi connectivity index (χ0) is 9.72. The van der Waals surface area contributed by atoms with E-state index in [1.54, 1.807) is 0 Å². The summed E-state index contributed by atoms with van der Waals surface area (Å²) >= 11 is 0. The molecule has 0 aromatic rings. The molecule has 12 heavy (non-hydrogen) atoms. The van der Waals surface area contributed by atoms with E-state index in [0.717, 1.165) is 12.8 Å². The molecule has 3 N–H and O–H groups in total. The maximum Gasteiger partial charge on any atom is 0.0721 e. The smallest absolute Gasteiger partial charge is 0.0721 e. The van der Waals surface area contributed by atoms with E-state index in [1.807, 2.05) is 0 Å². The lowest BCUT2D eigenvalue weighted by molar-refractivity contribution is 0.0626. The molecule has 0 saturated heterocycles. The van der Waals surface area contributed by atoms with Crippen molar-refractivity contribution in [1.29, 1.82) is 0 Å². The topological polar surface area (TPSA) is 46.2 Å². The zero-order valence-electron chi connectivity index (χ0n) is 8.75. The maximum atomic E-state index is 9.82. The minimum atomic E-state index is -0.333. The van der Waals surface area contributed by atoms with E-state index in [4.69, 9.17) is 5.73 Å². The van der Waals surface area contributed by atoms with Crippen molar-refractivity contribution in [2.24, 2.45) is 17.6 Å². The normalized spacial score (nSPS) is 17.0. The van der Waals surface area contributed by atoms with Crippen molar-refractivity contribution < 1.29 is 5.11 Å². The molecule has 2 nitrogen and oxygen atoms in total. The van der Waals surface area contributed by atoms with E-state index in [9.17, 15) is 5.11 Å². The molecule has 2 unspecified atom stereocenters. The summed E-state index contributed by atoms with van der Waals surface area (Å²) in [4.78, 5) is 0. The molecular weight excluding hydrogens is 150 g/mol. The molecule has 0 spiro atoms. The molecule has 0 radical (unpaired) electrons. The summed E-state index contributed by atoms with van der Waals surface area (Å²) in [6.07, 6.45) is 1.69. The molecule has 2 atom stereocenters. The highest BCUT2D eigenvalue weighted by atomic mass is 16.3. The molecule has 0 bridgehead atoms. The summed E-state index contributed by atoms with van der Waals surface area (Å²) in [7, 11) is 0. The summed E-state index contributed by atoms with van der Waals surface area (Å²) in [5.41, 5.74) is 5.86. The van der Waals surface area contributed by atoms with Crippen LogP contribution in [0.4, 0.5) is 0 Å². The van der Waals surface area contributed by atoms with Gasteiger partial charge in [-0.25, -0.2) is 0 Å². The van der Waals surface area contributed by atoms with Crippen LogP contribution < -0.4 is 5.73 Å². The Balaban J connectivity index is 4.05. The van der Waals surface area contributed by atoms with Gasteiger partial charge in [0.1, 0.15) is 0 Å². The van der Waals surface area contributed by atoms with E-state index in [-0.39, 0.29) is 12.1 Å². The lowest BCUT2D eigenvalue weighted by Crippen LogP contribution is -2.43. The van der Waals surface area contributed by atoms with Gasteiger partial charge in [0.05, 0.1) is 6.10 Å². The average molecular weight is 173 g/mol. The van der Waals surface area contributed by atoms with Crippen molar-refractivity contribution >= 4 is 0 Å². The van der Waals surface area contributed by atoms with E-state index in [1.165, 1.54) is 0 Å². The van der Waals surface area contributed by atoms with Gasteiger partial charge in [0.2, 0.25) is 0 Å². The first-order valence-electron chi connectivity index (χ1n) is 4.98. The third kappa shape index (κ3) is 3.11. The number of aliphatic hydroxyl groups excluding tert-OH is 1. The summed E-state index contributed by atoms with van der Waals surface area (Å²) in [6, 6.07) is -0.0742. The first-order chi connectivity index (χ1) is 5.54. The molecule has 0 fully saturated rings.